The van der Waals surface area contributed by atoms with Gasteiger partial charge in [-0.3, -0.25) is 4.79 Å². The van der Waals surface area contributed by atoms with Gasteiger partial charge in [0.2, 0.25) is 0 Å². The van der Waals surface area contributed by atoms with Crippen LogP contribution in [-0.4, -0.2) is 29.9 Å². The summed E-state index contributed by atoms with van der Waals surface area (Å²) in [6.45, 7) is 2.33. The molecule has 1 amide bonds. The third-order valence-electron chi connectivity index (χ3n) is 4.41. The molecule has 1 aromatic rings. The lowest BCUT2D eigenvalue weighted by Crippen LogP contribution is -2.42. The summed E-state index contributed by atoms with van der Waals surface area (Å²) >= 11 is 0. The van der Waals surface area contributed by atoms with Crippen LogP contribution >= 0.6 is 12.4 Å². The highest BCUT2D eigenvalue weighted by Gasteiger charge is 2.38. The van der Waals surface area contributed by atoms with Gasteiger partial charge in [-0.25, -0.2) is 0 Å². The van der Waals surface area contributed by atoms with Crippen molar-refractivity contribution in [3.8, 4) is 0 Å². The molecule has 1 aromatic carbocycles. The lowest BCUT2D eigenvalue weighted by Gasteiger charge is -2.34. The lowest BCUT2D eigenvalue weighted by molar-refractivity contribution is -0.143. The van der Waals surface area contributed by atoms with Crippen LogP contribution in [0.2, 0.25) is 0 Å². The fourth-order valence-corrected chi connectivity index (χ4v) is 2.89. The first-order chi connectivity index (χ1) is 11.4. The second-order valence-corrected chi connectivity index (χ2v) is 6.28. The molecule has 1 fully saturated rings. The molecule has 2 rings (SSSR count). The number of hydrogen-bond donors (Lipinski definition) is 1. The predicted octanol–water partition coefficient (Wildman–Crippen LogP) is 4.35. The summed E-state index contributed by atoms with van der Waals surface area (Å²) in [5.74, 6) is -0.656. The molecule has 1 heterocycles. The number of rotatable bonds is 2. The van der Waals surface area contributed by atoms with Gasteiger partial charge >= 0.3 is 12.4 Å². The van der Waals surface area contributed by atoms with Crippen molar-refractivity contribution in [2.24, 2.45) is 11.7 Å². The molecule has 0 saturated carbocycles. The summed E-state index contributed by atoms with van der Waals surface area (Å²) in [6.07, 6.45) is -8.82. The number of hydrogen-bond acceptors (Lipinski definition) is 2. The molecular formula is C16H19ClF6N2O. The van der Waals surface area contributed by atoms with Crippen LogP contribution in [0.1, 0.15) is 41.3 Å². The van der Waals surface area contributed by atoms with Crippen LogP contribution in [0.3, 0.4) is 0 Å². The van der Waals surface area contributed by atoms with Crippen molar-refractivity contribution in [2.45, 2.75) is 38.2 Å². The van der Waals surface area contributed by atoms with E-state index in [1.807, 2.05) is 6.92 Å². The Kier molecular flexibility index (Phi) is 6.98. The molecular weight excluding hydrogens is 386 g/mol. The van der Waals surface area contributed by atoms with E-state index in [0.29, 0.717) is 25.0 Å². The van der Waals surface area contributed by atoms with Crippen molar-refractivity contribution in [3.05, 3.63) is 34.9 Å². The van der Waals surface area contributed by atoms with E-state index in [2.05, 4.69) is 0 Å². The number of amides is 1. The summed E-state index contributed by atoms with van der Waals surface area (Å²) in [4.78, 5) is 13.7. The molecule has 1 aliphatic heterocycles. The van der Waals surface area contributed by atoms with Crippen molar-refractivity contribution in [1.82, 2.24) is 4.90 Å². The first-order valence-electron chi connectivity index (χ1n) is 7.74. The highest BCUT2D eigenvalue weighted by molar-refractivity contribution is 5.94. The van der Waals surface area contributed by atoms with Gasteiger partial charge in [-0.15, -0.1) is 12.4 Å². The van der Waals surface area contributed by atoms with Crippen molar-refractivity contribution < 1.29 is 31.1 Å². The zero-order valence-electron chi connectivity index (χ0n) is 13.8. The molecule has 1 saturated heterocycles. The highest BCUT2D eigenvalue weighted by atomic mass is 35.5. The smallest absolute Gasteiger partial charge is 0.339 e. The van der Waals surface area contributed by atoms with Gasteiger partial charge in [0.25, 0.3) is 5.91 Å². The fraction of sp³-hybridized carbons (Fsp3) is 0.562. The van der Waals surface area contributed by atoms with Crippen molar-refractivity contribution >= 4 is 18.3 Å². The van der Waals surface area contributed by atoms with Crippen LogP contribution in [0.4, 0.5) is 26.3 Å². The van der Waals surface area contributed by atoms with E-state index in [4.69, 9.17) is 5.73 Å². The third-order valence-corrected chi connectivity index (χ3v) is 4.41. The molecule has 1 atom stereocenters. The maximum absolute atomic E-state index is 12.9. The average Bonchev–Trinajstić information content (AvgIpc) is 2.52. The van der Waals surface area contributed by atoms with E-state index < -0.39 is 35.0 Å². The second-order valence-electron chi connectivity index (χ2n) is 6.28. The van der Waals surface area contributed by atoms with E-state index in [1.165, 1.54) is 4.90 Å². The maximum atomic E-state index is 12.9. The number of halogens is 7. The van der Waals surface area contributed by atoms with Gasteiger partial charge in [-0.1, -0.05) is 0 Å². The van der Waals surface area contributed by atoms with E-state index in [9.17, 15) is 31.1 Å². The normalized spacial score (nSPS) is 17.6. The number of benzene rings is 1. The van der Waals surface area contributed by atoms with Crippen molar-refractivity contribution in [1.29, 1.82) is 0 Å². The Morgan fingerprint density at radius 2 is 1.46 bits per heavy atom. The van der Waals surface area contributed by atoms with Gasteiger partial charge in [0, 0.05) is 24.7 Å². The zero-order chi connectivity index (χ0) is 19.0. The van der Waals surface area contributed by atoms with Crippen LogP contribution in [-0.2, 0) is 12.4 Å². The number of likely N-dealkylation sites (tertiary alicyclic amines) is 1. The highest BCUT2D eigenvalue weighted by Crippen LogP contribution is 2.36. The van der Waals surface area contributed by atoms with Crippen LogP contribution in [0.25, 0.3) is 0 Å². The number of alkyl halides is 6. The van der Waals surface area contributed by atoms with Gasteiger partial charge in [-0.2, -0.15) is 26.3 Å². The topological polar surface area (TPSA) is 46.3 Å². The molecule has 3 nitrogen and oxygen atoms in total. The van der Waals surface area contributed by atoms with E-state index in [1.54, 1.807) is 0 Å². The quantitative estimate of drug-likeness (QED) is 0.745. The number of piperidine rings is 1. The Morgan fingerprint density at radius 1 is 1.04 bits per heavy atom. The molecule has 0 spiro atoms. The molecule has 0 aliphatic carbocycles. The summed E-state index contributed by atoms with van der Waals surface area (Å²) in [7, 11) is 0. The monoisotopic (exact) mass is 404 g/mol. The van der Waals surface area contributed by atoms with E-state index in [0.717, 1.165) is 0 Å². The molecule has 0 radical (unpaired) electrons. The van der Waals surface area contributed by atoms with E-state index >= 15 is 0 Å². The predicted molar refractivity (Wildman–Crippen MR) is 86.0 cm³/mol. The number of nitrogens with two attached hydrogens (primary N) is 1. The standard InChI is InChI=1S/C16H18F6N2O.ClH/c1-9(23)10-2-4-24(5-3-10)14(25)11-6-12(15(17,18)19)8-13(7-11)16(20,21)22;/h6-10H,2-5,23H2,1H3;1H. The van der Waals surface area contributed by atoms with Gasteiger partial charge < -0.3 is 10.6 Å². The first kappa shape index (κ1) is 22.6. The number of carbonyl (C=O) groups excluding carboxylic acids is 1. The second kappa shape index (κ2) is 8.04. The van der Waals surface area contributed by atoms with Crippen LogP contribution in [0, 0.1) is 5.92 Å². The van der Waals surface area contributed by atoms with Crippen LogP contribution in [0.5, 0.6) is 0 Å². The largest absolute Gasteiger partial charge is 0.416 e. The average molecular weight is 405 g/mol. The van der Waals surface area contributed by atoms with Crippen LogP contribution in [0.15, 0.2) is 18.2 Å². The molecule has 0 aromatic heterocycles. The third kappa shape index (κ3) is 5.26. The Hall–Kier alpha value is -1.48. The van der Waals surface area contributed by atoms with Crippen LogP contribution < -0.4 is 5.73 Å². The van der Waals surface area contributed by atoms with E-state index in [-0.39, 0.29) is 43.5 Å². The van der Waals surface area contributed by atoms with Gasteiger partial charge in [-0.05, 0) is 43.9 Å². The van der Waals surface area contributed by atoms with Gasteiger partial charge in [0.1, 0.15) is 0 Å². The summed E-state index contributed by atoms with van der Waals surface area (Å²) in [6, 6.07) is 0.867. The van der Waals surface area contributed by atoms with Crippen molar-refractivity contribution in [2.75, 3.05) is 13.1 Å². The fourth-order valence-electron chi connectivity index (χ4n) is 2.89. The molecule has 10 heteroatoms. The number of nitrogens with zero attached hydrogens (tertiary/aromatic N) is 1. The molecule has 1 aliphatic rings. The Morgan fingerprint density at radius 3 is 1.81 bits per heavy atom. The molecule has 148 valence electrons. The summed E-state index contributed by atoms with van der Waals surface area (Å²) in [5, 5.41) is 0. The minimum Gasteiger partial charge on any atom is -0.339 e. The van der Waals surface area contributed by atoms with Gasteiger partial charge in [0.15, 0.2) is 0 Å². The first-order valence-corrected chi connectivity index (χ1v) is 7.74. The minimum absolute atomic E-state index is 0. The SMILES string of the molecule is CC(N)C1CCN(C(=O)c2cc(C(F)(F)F)cc(C(F)(F)F)c2)CC1.Cl. The Balaban J connectivity index is 0.00000338. The summed E-state index contributed by atoms with van der Waals surface area (Å²) in [5.41, 5.74) is 2.19. The zero-order valence-corrected chi connectivity index (χ0v) is 14.6. The molecule has 1 unspecified atom stereocenters. The summed E-state index contributed by atoms with van der Waals surface area (Å²) < 4.78 is 77.3. The maximum Gasteiger partial charge on any atom is 0.416 e. The lowest BCUT2D eigenvalue weighted by atomic mass is 9.90. The Bertz CT molecular complexity index is 604. The number of carbonyl (C=O) groups is 1. The Labute approximate surface area is 152 Å². The minimum atomic E-state index is -4.97. The van der Waals surface area contributed by atoms with Crippen molar-refractivity contribution in [3.63, 3.8) is 0 Å². The molecule has 26 heavy (non-hydrogen) atoms. The molecule has 2 N–H and O–H groups in total. The molecule has 0 bridgehead atoms. The van der Waals surface area contributed by atoms with Gasteiger partial charge in [0.05, 0.1) is 11.1 Å².